The predicted molar refractivity (Wildman–Crippen MR) is 167 cm³/mol. The average molecular weight is 554 g/mol. The fourth-order valence-corrected chi connectivity index (χ4v) is 5.12. The molecular weight excluding hydrogens is 486 g/mol. The maximum atomic E-state index is 12.3. The Labute approximate surface area is 242 Å². The van der Waals surface area contributed by atoms with Crippen molar-refractivity contribution in [2.45, 2.75) is 193 Å². The first kappa shape index (κ1) is 38.1. The molecule has 5 nitrogen and oxygen atoms in total. The van der Waals surface area contributed by atoms with Gasteiger partial charge in [-0.2, -0.15) is 0 Å². The molecule has 0 unspecified atom stereocenters. The number of carbonyl (C=O) groups is 1. The highest BCUT2D eigenvalue weighted by molar-refractivity contribution is 5.80. The molecule has 232 valence electrons. The SMILES string of the molecule is CCCCCCCCCCC/C=C/[C@@H](O)[C@H](CO)NC(=O)[C@@H](O)CCCCCCCCCCCCCCCC. The zero-order chi connectivity index (χ0) is 28.8. The van der Waals surface area contributed by atoms with Crippen molar-refractivity contribution in [3.63, 3.8) is 0 Å². The normalized spacial score (nSPS) is 14.1. The summed E-state index contributed by atoms with van der Waals surface area (Å²) < 4.78 is 0. The van der Waals surface area contributed by atoms with E-state index in [0.717, 1.165) is 32.1 Å². The summed E-state index contributed by atoms with van der Waals surface area (Å²) in [6, 6.07) is -0.789. The second-order valence-electron chi connectivity index (χ2n) is 11.7. The van der Waals surface area contributed by atoms with Crippen molar-refractivity contribution < 1.29 is 20.1 Å². The van der Waals surface area contributed by atoms with Crippen LogP contribution in [0.1, 0.15) is 174 Å². The number of aliphatic hydroxyl groups is 3. The van der Waals surface area contributed by atoms with Gasteiger partial charge in [0.05, 0.1) is 18.8 Å². The molecule has 0 rings (SSSR count). The molecule has 0 aromatic carbocycles. The highest BCUT2D eigenvalue weighted by Gasteiger charge is 2.22. The monoisotopic (exact) mass is 554 g/mol. The first-order valence-electron chi connectivity index (χ1n) is 17.0. The van der Waals surface area contributed by atoms with E-state index in [1.165, 1.54) is 122 Å². The zero-order valence-electron chi connectivity index (χ0n) is 26.0. The molecule has 0 saturated heterocycles. The van der Waals surface area contributed by atoms with Gasteiger partial charge in [-0.15, -0.1) is 0 Å². The Morgan fingerprint density at radius 1 is 0.615 bits per heavy atom. The molecule has 0 aliphatic heterocycles. The highest BCUT2D eigenvalue weighted by Crippen LogP contribution is 2.14. The Bertz CT molecular complexity index is 539. The van der Waals surface area contributed by atoms with Crippen molar-refractivity contribution in [3.05, 3.63) is 12.2 Å². The van der Waals surface area contributed by atoms with Gasteiger partial charge in [-0.05, 0) is 19.3 Å². The third-order valence-corrected chi connectivity index (χ3v) is 7.88. The van der Waals surface area contributed by atoms with Crippen molar-refractivity contribution in [3.8, 4) is 0 Å². The van der Waals surface area contributed by atoms with Gasteiger partial charge < -0.3 is 20.6 Å². The summed E-state index contributed by atoms with van der Waals surface area (Å²) in [4.78, 5) is 12.3. The molecule has 0 aromatic rings. The first-order valence-corrected chi connectivity index (χ1v) is 17.0. The highest BCUT2D eigenvalue weighted by atomic mass is 16.3. The lowest BCUT2D eigenvalue weighted by atomic mass is 10.0. The number of hydrogen-bond donors (Lipinski definition) is 4. The van der Waals surface area contributed by atoms with Gasteiger partial charge in [-0.3, -0.25) is 4.79 Å². The molecule has 3 atom stereocenters. The fraction of sp³-hybridized carbons (Fsp3) is 0.912. The lowest BCUT2D eigenvalue weighted by molar-refractivity contribution is -0.131. The van der Waals surface area contributed by atoms with E-state index < -0.39 is 24.2 Å². The molecule has 0 spiro atoms. The van der Waals surface area contributed by atoms with Gasteiger partial charge in [-0.1, -0.05) is 167 Å². The predicted octanol–water partition coefficient (Wildman–Crippen LogP) is 8.53. The number of hydrogen-bond acceptors (Lipinski definition) is 4. The van der Waals surface area contributed by atoms with Gasteiger partial charge >= 0.3 is 0 Å². The van der Waals surface area contributed by atoms with E-state index in [1.807, 2.05) is 6.08 Å². The van der Waals surface area contributed by atoms with Crippen molar-refractivity contribution >= 4 is 5.91 Å². The maximum Gasteiger partial charge on any atom is 0.249 e. The molecular formula is C34H67NO4. The largest absolute Gasteiger partial charge is 0.394 e. The third kappa shape index (κ3) is 25.8. The summed E-state index contributed by atoms with van der Waals surface area (Å²) in [6.07, 6.45) is 32.2. The summed E-state index contributed by atoms with van der Waals surface area (Å²) >= 11 is 0. The topological polar surface area (TPSA) is 89.8 Å². The van der Waals surface area contributed by atoms with Crippen LogP contribution in [0.5, 0.6) is 0 Å². The van der Waals surface area contributed by atoms with Gasteiger partial charge in [0, 0.05) is 0 Å². The lowest BCUT2D eigenvalue weighted by Gasteiger charge is -2.21. The molecule has 0 heterocycles. The Balaban J connectivity index is 3.76. The molecule has 5 heteroatoms. The Hall–Kier alpha value is -0.910. The summed E-state index contributed by atoms with van der Waals surface area (Å²) in [6.45, 7) is 4.14. The van der Waals surface area contributed by atoms with Crippen LogP contribution in [0.4, 0.5) is 0 Å². The Kier molecular flexibility index (Phi) is 29.4. The van der Waals surface area contributed by atoms with Crippen molar-refractivity contribution in [1.82, 2.24) is 5.32 Å². The third-order valence-electron chi connectivity index (χ3n) is 7.88. The van der Waals surface area contributed by atoms with Crippen LogP contribution in [0.25, 0.3) is 0 Å². The smallest absolute Gasteiger partial charge is 0.249 e. The first-order chi connectivity index (χ1) is 19.1. The van der Waals surface area contributed by atoms with E-state index >= 15 is 0 Å². The minimum Gasteiger partial charge on any atom is -0.394 e. The molecule has 0 fully saturated rings. The van der Waals surface area contributed by atoms with Crippen LogP contribution in [0, 0.1) is 0 Å². The number of allylic oxidation sites excluding steroid dienone is 1. The molecule has 0 aromatic heterocycles. The van der Waals surface area contributed by atoms with E-state index in [0.29, 0.717) is 6.42 Å². The molecule has 0 aliphatic rings. The van der Waals surface area contributed by atoms with E-state index in [4.69, 9.17) is 0 Å². The van der Waals surface area contributed by atoms with Crippen LogP contribution in [0.15, 0.2) is 12.2 Å². The Morgan fingerprint density at radius 3 is 1.41 bits per heavy atom. The average Bonchev–Trinajstić information content (AvgIpc) is 2.94. The minimum absolute atomic E-state index is 0.360. The van der Waals surface area contributed by atoms with Gasteiger partial charge in [0.15, 0.2) is 0 Å². The van der Waals surface area contributed by atoms with E-state index in [2.05, 4.69) is 19.2 Å². The number of amides is 1. The summed E-state index contributed by atoms with van der Waals surface area (Å²) in [5.74, 6) is -0.505. The number of rotatable bonds is 30. The van der Waals surface area contributed by atoms with Crippen LogP contribution >= 0.6 is 0 Å². The molecule has 39 heavy (non-hydrogen) atoms. The number of carbonyl (C=O) groups excluding carboxylic acids is 1. The number of unbranched alkanes of at least 4 members (excludes halogenated alkanes) is 22. The van der Waals surface area contributed by atoms with E-state index in [9.17, 15) is 20.1 Å². The minimum atomic E-state index is -1.09. The van der Waals surface area contributed by atoms with Gasteiger partial charge in [-0.25, -0.2) is 0 Å². The van der Waals surface area contributed by atoms with Crippen LogP contribution in [0.3, 0.4) is 0 Å². The molecule has 1 amide bonds. The second kappa shape index (κ2) is 30.1. The molecule has 4 N–H and O–H groups in total. The zero-order valence-corrected chi connectivity index (χ0v) is 26.0. The van der Waals surface area contributed by atoms with E-state index in [1.54, 1.807) is 6.08 Å². The van der Waals surface area contributed by atoms with Crippen LogP contribution in [-0.4, -0.2) is 46.1 Å². The van der Waals surface area contributed by atoms with Gasteiger partial charge in [0.1, 0.15) is 6.10 Å². The summed E-state index contributed by atoms with van der Waals surface area (Å²) in [5.41, 5.74) is 0. The van der Waals surface area contributed by atoms with E-state index in [-0.39, 0.29) is 6.61 Å². The van der Waals surface area contributed by atoms with Crippen molar-refractivity contribution in [2.24, 2.45) is 0 Å². The maximum absolute atomic E-state index is 12.3. The Morgan fingerprint density at radius 2 is 1.00 bits per heavy atom. The van der Waals surface area contributed by atoms with Gasteiger partial charge in [0.25, 0.3) is 0 Å². The molecule has 0 saturated carbocycles. The summed E-state index contributed by atoms with van der Waals surface area (Å²) in [7, 11) is 0. The molecule has 0 radical (unpaired) electrons. The quantitative estimate of drug-likeness (QED) is 0.0530. The summed E-state index contributed by atoms with van der Waals surface area (Å²) in [5, 5.41) is 32.8. The molecule has 0 bridgehead atoms. The molecule has 0 aliphatic carbocycles. The number of aliphatic hydroxyl groups excluding tert-OH is 3. The number of nitrogens with one attached hydrogen (secondary N) is 1. The fourth-order valence-electron chi connectivity index (χ4n) is 5.12. The van der Waals surface area contributed by atoms with Crippen LogP contribution in [-0.2, 0) is 4.79 Å². The van der Waals surface area contributed by atoms with Crippen molar-refractivity contribution in [1.29, 1.82) is 0 Å². The van der Waals surface area contributed by atoms with Crippen molar-refractivity contribution in [2.75, 3.05) is 6.61 Å². The van der Waals surface area contributed by atoms with Crippen LogP contribution < -0.4 is 5.32 Å². The van der Waals surface area contributed by atoms with Gasteiger partial charge in [0.2, 0.25) is 5.91 Å². The van der Waals surface area contributed by atoms with Crippen LogP contribution in [0.2, 0.25) is 0 Å². The standard InChI is InChI=1S/C34H67NO4/c1-3-5-7-9-11-13-15-16-17-19-21-23-25-27-29-33(38)34(39)35-31(30-36)32(37)28-26-24-22-20-18-14-12-10-8-6-4-2/h26,28,31-33,36-38H,3-25,27,29-30H2,1-2H3,(H,35,39)/b28-26+/t31-,32+,33-/m0/s1. The lowest BCUT2D eigenvalue weighted by Crippen LogP contribution is -2.48. The second-order valence-corrected chi connectivity index (χ2v) is 11.7.